The van der Waals surface area contributed by atoms with Crippen LogP contribution in [-0.4, -0.2) is 27.9 Å². The van der Waals surface area contributed by atoms with E-state index in [-0.39, 0.29) is 17.6 Å². The van der Waals surface area contributed by atoms with Gasteiger partial charge in [-0.2, -0.15) is 0 Å². The van der Waals surface area contributed by atoms with Gasteiger partial charge >= 0.3 is 5.97 Å². The number of aliphatic carboxylic acids is 1. The van der Waals surface area contributed by atoms with E-state index in [4.69, 9.17) is 0 Å². The van der Waals surface area contributed by atoms with Gasteiger partial charge < -0.3 is 14.6 Å². The van der Waals surface area contributed by atoms with Crippen LogP contribution in [0.25, 0.3) is 0 Å². The van der Waals surface area contributed by atoms with Gasteiger partial charge in [0, 0.05) is 28.8 Å². The molecule has 1 atom stereocenters. The third kappa shape index (κ3) is 2.27. The maximum atomic E-state index is 14.3. The van der Waals surface area contributed by atoms with E-state index < -0.39 is 13.1 Å². The second-order valence-electron chi connectivity index (χ2n) is 6.21. The van der Waals surface area contributed by atoms with Gasteiger partial charge in [0.1, 0.15) is 5.70 Å². The Hall–Kier alpha value is -2.65. The summed E-state index contributed by atoms with van der Waals surface area (Å²) in [5.41, 5.74) is -0.0997. The first kappa shape index (κ1) is 15.9. The number of carbonyl (C=O) groups excluding carboxylic acids is 1. The van der Waals surface area contributed by atoms with Crippen molar-refractivity contribution in [2.24, 2.45) is 0 Å². The SMILES string of the molecule is O=C(O)C1=C(P(=O)(c2ccccc2)c2ccccc2)CC2CC(=O)N12. The maximum absolute atomic E-state index is 14.3. The Balaban J connectivity index is 1.99. The number of β-lactam (4-membered cyclic amide) rings is 1. The largest absolute Gasteiger partial charge is 0.477 e. The summed E-state index contributed by atoms with van der Waals surface area (Å²) in [4.78, 5) is 25.1. The number of hydrogen-bond acceptors (Lipinski definition) is 3. The Morgan fingerprint density at radius 1 is 0.960 bits per heavy atom. The summed E-state index contributed by atoms with van der Waals surface area (Å²) in [7, 11) is -3.34. The lowest BCUT2D eigenvalue weighted by Crippen LogP contribution is -2.49. The molecule has 4 rings (SSSR count). The first-order valence-electron chi connectivity index (χ1n) is 8.04. The number of nitrogens with zero attached hydrogens (tertiary/aromatic N) is 1. The maximum Gasteiger partial charge on any atom is 0.353 e. The van der Waals surface area contributed by atoms with Crippen LogP contribution in [-0.2, 0) is 14.2 Å². The first-order valence-corrected chi connectivity index (χ1v) is 9.74. The normalized spacial score (nSPS) is 19.6. The van der Waals surface area contributed by atoms with Gasteiger partial charge in [0.2, 0.25) is 5.91 Å². The van der Waals surface area contributed by atoms with Gasteiger partial charge in [0.05, 0.1) is 6.04 Å². The minimum absolute atomic E-state index is 0.0997. The minimum Gasteiger partial charge on any atom is -0.477 e. The molecule has 0 bridgehead atoms. The molecule has 126 valence electrons. The van der Waals surface area contributed by atoms with Crippen LogP contribution in [0.1, 0.15) is 12.8 Å². The first-order chi connectivity index (χ1) is 12.0. The van der Waals surface area contributed by atoms with E-state index in [0.29, 0.717) is 28.8 Å². The number of amides is 1. The fraction of sp³-hybridized carbons (Fsp3) is 0.158. The molecule has 2 aromatic carbocycles. The monoisotopic (exact) mass is 353 g/mol. The molecular weight excluding hydrogens is 337 g/mol. The summed E-state index contributed by atoms with van der Waals surface area (Å²) in [5, 5.41) is 11.3. The number of rotatable bonds is 4. The average Bonchev–Trinajstić information content (AvgIpc) is 2.96. The average molecular weight is 353 g/mol. The van der Waals surface area contributed by atoms with Crippen LogP contribution >= 0.6 is 7.14 Å². The lowest BCUT2D eigenvalue weighted by Gasteiger charge is -2.35. The highest BCUT2D eigenvalue weighted by Crippen LogP contribution is 2.59. The molecule has 1 amide bonds. The molecule has 0 spiro atoms. The second-order valence-corrected chi connectivity index (χ2v) is 9.00. The molecule has 0 radical (unpaired) electrons. The summed E-state index contributed by atoms with van der Waals surface area (Å²) >= 11 is 0. The lowest BCUT2D eigenvalue weighted by atomic mass is 10.0. The molecule has 1 N–H and O–H groups in total. The number of carboxylic acids is 1. The van der Waals surface area contributed by atoms with Gasteiger partial charge in [-0.3, -0.25) is 4.79 Å². The fourth-order valence-corrected chi connectivity index (χ4v) is 6.73. The van der Waals surface area contributed by atoms with E-state index in [1.165, 1.54) is 4.90 Å². The van der Waals surface area contributed by atoms with Crippen LogP contribution in [0.2, 0.25) is 0 Å². The van der Waals surface area contributed by atoms with Crippen molar-refractivity contribution >= 4 is 29.6 Å². The Morgan fingerprint density at radius 3 is 1.92 bits per heavy atom. The van der Waals surface area contributed by atoms with Crippen LogP contribution in [0.15, 0.2) is 71.7 Å². The van der Waals surface area contributed by atoms with Gasteiger partial charge in [-0.25, -0.2) is 4.79 Å². The molecule has 2 aliphatic rings. The van der Waals surface area contributed by atoms with Crippen molar-refractivity contribution in [1.29, 1.82) is 0 Å². The summed E-state index contributed by atoms with van der Waals surface area (Å²) in [6.45, 7) is 0. The molecule has 1 saturated heterocycles. The molecule has 6 heteroatoms. The fourth-order valence-electron chi connectivity index (χ4n) is 3.65. The molecule has 0 aliphatic carbocycles. The number of carboxylic acid groups (broad SMARTS) is 1. The van der Waals surface area contributed by atoms with Gasteiger partial charge in [-0.15, -0.1) is 0 Å². The molecule has 2 aromatic rings. The summed E-state index contributed by atoms with van der Waals surface area (Å²) < 4.78 is 14.3. The van der Waals surface area contributed by atoms with Crippen LogP contribution in [0.5, 0.6) is 0 Å². The van der Waals surface area contributed by atoms with E-state index in [0.717, 1.165) is 0 Å². The number of fused-ring (bicyclic) bond motifs is 1. The van der Waals surface area contributed by atoms with Crippen molar-refractivity contribution in [2.45, 2.75) is 18.9 Å². The third-order valence-corrected chi connectivity index (χ3v) is 8.01. The van der Waals surface area contributed by atoms with Crippen molar-refractivity contribution in [1.82, 2.24) is 4.90 Å². The standard InChI is InChI=1S/C19H16NO4P/c21-17-12-13-11-16(18(19(22)23)20(13)17)25(24,14-7-3-1-4-8-14)15-9-5-2-6-10-15/h1-10,13H,11-12H2,(H,22,23). The van der Waals surface area contributed by atoms with E-state index in [9.17, 15) is 19.3 Å². The van der Waals surface area contributed by atoms with Crippen LogP contribution in [0.4, 0.5) is 0 Å². The Kier molecular flexibility index (Phi) is 3.62. The molecule has 5 nitrogen and oxygen atoms in total. The summed E-state index contributed by atoms with van der Waals surface area (Å²) in [6, 6.07) is 17.7. The van der Waals surface area contributed by atoms with E-state index in [2.05, 4.69) is 0 Å². The quantitative estimate of drug-likeness (QED) is 0.676. The number of benzene rings is 2. The molecule has 1 fully saturated rings. The molecule has 0 saturated carbocycles. The van der Waals surface area contributed by atoms with E-state index in [1.54, 1.807) is 48.5 Å². The molecule has 0 aromatic heterocycles. The van der Waals surface area contributed by atoms with E-state index in [1.807, 2.05) is 12.1 Å². The Morgan fingerprint density at radius 2 is 1.48 bits per heavy atom. The van der Waals surface area contributed by atoms with Gasteiger partial charge in [-0.05, 0) is 0 Å². The van der Waals surface area contributed by atoms with Crippen LogP contribution in [0, 0.1) is 0 Å². The topological polar surface area (TPSA) is 74.7 Å². The highest BCUT2D eigenvalue weighted by atomic mass is 31.2. The zero-order valence-corrected chi connectivity index (χ0v) is 14.2. The third-order valence-electron chi connectivity index (χ3n) is 4.81. The predicted molar refractivity (Wildman–Crippen MR) is 94.3 cm³/mol. The van der Waals surface area contributed by atoms with Crippen molar-refractivity contribution in [3.63, 3.8) is 0 Å². The predicted octanol–water partition coefficient (Wildman–Crippen LogP) is 2.30. The smallest absolute Gasteiger partial charge is 0.353 e. The van der Waals surface area contributed by atoms with Crippen LogP contribution < -0.4 is 10.6 Å². The summed E-state index contributed by atoms with van der Waals surface area (Å²) in [5.74, 6) is -1.41. The van der Waals surface area contributed by atoms with Gasteiger partial charge in [-0.1, -0.05) is 60.7 Å². The highest BCUT2D eigenvalue weighted by Gasteiger charge is 2.52. The van der Waals surface area contributed by atoms with Gasteiger partial charge in [0.15, 0.2) is 7.14 Å². The van der Waals surface area contributed by atoms with Gasteiger partial charge in [0.25, 0.3) is 0 Å². The van der Waals surface area contributed by atoms with Crippen LogP contribution in [0.3, 0.4) is 0 Å². The highest BCUT2D eigenvalue weighted by molar-refractivity contribution is 7.82. The number of hydrogen-bond donors (Lipinski definition) is 1. The Bertz CT molecular complexity index is 893. The number of carbonyl (C=O) groups is 2. The molecule has 1 unspecified atom stereocenters. The van der Waals surface area contributed by atoms with Crippen molar-refractivity contribution in [3.05, 3.63) is 71.7 Å². The molecule has 2 aliphatic heterocycles. The second kappa shape index (κ2) is 5.71. The van der Waals surface area contributed by atoms with Crippen molar-refractivity contribution < 1.29 is 19.3 Å². The summed E-state index contributed by atoms with van der Waals surface area (Å²) in [6.07, 6.45) is 0.651. The zero-order chi connectivity index (χ0) is 17.6. The minimum atomic E-state index is -3.34. The lowest BCUT2D eigenvalue weighted by molar-refractivity contribution is -0.147. The zero-order valence-electron chi connectivity index (χ0n) is 13.3. The van der Waals surface area contributed by atoms with Crippen molar-refractivity contribution in [2.75, 3.05) is 0 Å². The van der Waals surface area contributed by atoms with Crippen molar-refractivity contribution in [3.8, 4) is 0 Å². The molecule has 2 heterocycles. The Labute approximate surface area is 145 Å². The van der Waals surface area contributed by atoms with E-state index >= 15 is 0 Å². The molecular formula is C19H16NO4P. The molecule has 25 heavy (non-hydrogen) atoms.